The number of nitrogens with one attached hydrogen (secondary N) is 1. The molecule has 0 atom stereocenters. The summed E-state index contributed by atoms with van der Waals surface area (Å²) in [7, 11) is -4.48. The van der Waals surface area contributed by atoms with Crippen LogP contribution in [0.3, 0.4) is 0 Å². The number of carbonyl (C=O) groups is 1. The van der Waals surface area contributed by atoms with Gasteiger partial charge in [0, 0.05) is 16.7 Å². The molecular formula is C28H23ClN4O6S. The summed E-state index contributed by atoms with van der Waals surface area (Å²) in [6.07, 6.45) is 1.39. The molecule has 0 saturated carbocycles. The molecule has 0 fully saturated rings. The van der Waals surface area contributed by atoms with Crippen molar-refractivity contribution in [1.82, 2.24) is 5.43 Å². The fraction of sp³-hybridized carbons (Fsp3) is 0.0714. The number of nitro benzene ring substituents is 1. The fourth-order valence-corrected chi connectivity index (χ4v) is 5.40. The van der Waals surface area contributed by atoms with Crippen LogP contribution in [0.5, 0.6) is 5.75 Å². The summed E-state index contributed by atoms with van der Waals surface area (Å²) < 4.78 is 33.5. The van der Waals surface area contributed by atoms with Gasteiger partial charge in [-0.1, -0.05) is 60.1 Å². The van der Waals surface area contributed by atoms with Gasteiger partial charge in [0.25, 0.3) is 21.6 Å². The van der Waals surface area contributed by atoms with Crippen LogP contribution in [0.1, 0.15) is 11.1 Å². The van der Waals surface area contributed by atoms with E-state index in [1.54, 1.807) is 48.5 Å². The minimum atomic E-state index is -4.48. The van der Waals surface area contributed by atoms with E-state index >= 15 is 0 Å². The number of hydrazone groups is 1. The van der Waals surface area contributed by atoms with Gasteiger partial charge < -0.3 is 4.74 Å². The van der Waals surface area contributed by atoms with E-state index in [-0.39, 0.29) is 5.69 Å². The van der Waals surface area contributed by atoms with E-state index in [0.717, 1.165) is 22.0 Å². The molecule has 0 aliphatic rings. The third-order valence-corrected chi connectivity index (χ3v) is 7.79. The number of hydrogen-bond donors (Lipinski definition) is 1. The minimum Gasteiger partial charge on any atom is -0.489 e. The molecule has 0 bridgehead atoms. The van der Waals surface area contributed by atoms with Crippen LogP contribution in [0.25, 0.3) is 0 Å². The molecule has 10 nitrogen and oxygen atoms in total. The molecule has 0 spiro atoms. The Hall–Kier alpha value is -4.74. The molecule has 204 valence electrons. The van der Waals surface area contributed by atoms with Gasteiger partial charge in [0.15, 0.2) is 4.90 Å². The van der Waals surface area contributed by atoms with Crippen LogP contribution in [-0.4, -0.2) is 32.0 Å². The molecule has 0 radical (unpaired) electrons. The topological polar surface area (TPSA) is 131 Å². The summed E-state index contributed by atoms with van der Waals surface area (Å²) in [5.74, 6) is -0.137. The smallest absolute Gasteiger partial charge is 0.289 e. The van der Waals surface area contributed by atoms with Crippen molar-refractivity contribution in [3.63, 3.8) is 0 Å². The highest BCUT2D eigenvalue weighted by molar-refractivity contribution is 7.93. The van der Waals surface area contributed by atoms with Gasteiger partial charge in [-0.2, -0.15) is 5.10 Å². The van der Waals surface area contributed by atoms with Crippen molar-refractivity contribution in [3.8, 4) is 5.75 Å². The summed E-state index contributed by atoms with van der Waals surface area (Å²) in [5.41, 5.74) is 3.37. The molecule has 4 aromatic carbocycles. The average molecular weight is 579 g/mol. The number of carbonyl (C=O) groups excluding carboxylic acids is 1. The summed E-state index contributed by atoms with van der Waals surface area (Å²) in [6.45, 7) is -0.360. The quantitative estimate of drug-likeness (QED) is 0.148. The van der Waals surface area contributed by atoms with Crippen LogP contribution in [0, 0.1) is 10.1 Å². The summed E-state index contributed by atoms with van der Waals surface area (Å²) in [5, 5.41) is 16.0. The van der Waals surface area contributed by atoms with Gasteiger partial charge in [0.2, 0.25) is 0 Å². The average Bonchev–Trinajstić information content (AvgIpc) is 2.96. The van der Waals surface area contributed by atoms with Crippen LogP contribution in [0.4, 0.5) is 11.4 Å². The number of halogens is 1. The Balaban J connectivity index is 1.43. The number of benzene rings is 4. The lowest BCUT2D eigenvalue weighted by molar-refractivity contribution is -0.387. The molecule has 0 unspecified atom stereocenters. The number of amides is 1. The lowest BCUT2D eigenvalue weighted by Crippen LogP contribution is -2.39. The second kappa shape index (κ2) is 12.9. The Morgan fingerprint density at radius 2 is 1.60 bits per heavy atom. The summed E-state index contributed by atoms with van der Waals surface area (Å²) in [6, 6.07) is 27.1. The number of anilines is 1. The van der Waals surface area contributed by atoms with Crippen LogP contribution in [0.15, 0.2) is 113 Å². The van der Waals surface area contributed by atoms with Crippen molar-refractivity contribution in [1.29, 1.82) is 0 Å². The van der Waals surface area contributed by atoms with E-state index in [1.807, 2.05) is 18.2 Å². The molecule has 0 aromatic heterocycles. The molecular weight excluding hydrogens is 556 g/mol. The molecule has 1 amide bonds. The third-order valence-electron chi connectivity index (χ3n) is 5.60. The summed E-state index contributed by atoms with van der Waals surface area (Å²) >= 11 is 6.14. The second-order valence-corrected chi connectivity index (χ2v) is 10.6. The Labute approximate surface area is 235 Å². The highest BCUT2D eigenvalue weighted by Crippen LogP contribution is 2.29. The van der Waals surface area contributed by atoms with Gasteiger partial charge in [0.1, 0.15) is 18.9 Å². The van der Waals surface area contributed by atoms with Gasteiger partial charge in [-0.25, -0.2) is 13.8 Å². The van der Waals surface area contributed by atoms with E-state index in [0.29, 0.717) is 22.9 Å². The molecule has 4 rings (SSSR count). The molecule has 40 heavy (non-hydrogen) atoms. The maximum Gasteiger partial charge on any atom is 0.289 e. The number of hydrogen-bond acceptors (Lipinski definition) is 7. The Kier molecular flexibility index (Phi) is 9.10. The monoisotopic (exact) mass is 578 g/mol. The van der Waals surface area contributed by atoms with E-state index in [4.69, 9.17) is 16.3 Å². The molecule has 0 aliphatic carbocycles. The maximum atomic E-state index is 13.5. The van der Waals surface area contributed by atoms with Crippen molar-refractivity contribution >= 4 is 45.1 Å². The number of nitrogens with zero attached hydrogens (tertiary/aromatic N) is 3. The number of para-hydroxylation sites is 2. The number of rotatable bonds is 11. The summed E-state index contributed by atoms with van der Waals surface area (Å²) in [4.78, 5) is 22.9. The van der Waals surface area contributed by atoms with Gasteiger partial charge in [-0.05, 0) is 54.1 Å². The first kappa shape index (κ1) is 28.3. The molecule has 1 N–H and O–H groups in total. The SMILES string of the molecule is O=C(CN(c1ccccc1)S(=O)(=O)c1ccccc1[N+](=O)[O-])N/N=C/c1ccc(OCc2ccccc2Cl)cc1. The molecule has 0 saturated heterocycles. The van der Waals surface area contributed by atoms with Crippen LogP contribution < -0.4 is 14.5 Å². The van der Waals surface area contributed by atoms with Gasteiger partial charge in [-0.3, -0.25) is 19.2 Å². The zero-order valence-corrected chi connectivity index (χ0v) is 22.5. The first-order valence-corrected chi connectivity index (χ1v) is 13.7. The second-order valence-electron chi connectivity index (χ2n) is 8.31. The van der Waals surface area contributed by atoms with E-state index in [9.17, 15) is 23.3 Å². The molecule has 0 heterocycles. The van der Waals surface area contributed by atoms with Crippen molar-refractivity contribution in [2.45, 2.75) is 11.5 Å². The number of ether oxygens (including phenoxy) is 1. The van der Waals surface area contributed by atoms with Crippen molar-refractivity contribution in [3.05, 3.63) is 129 Å². The molecule has 0 aliphatic heterocycles. The van der Waals surface area contributed by atoms with E-state index in [2.05, 4.69) is 10.5 Å². The lowest BCUT2D eigenvalue weighted by atomic mass is 10.2. The van der Waals surface area contributed by atoms with Crippen molar-refractivity contribution in [2.75, 3.05) is 10.8 Å². The van der Waals surface area contributed by atoms with Crippen LogP contribution in [-0.2, 0) is 21.4 Å². The number of nitro groups is 1. The zero-order chi connectivity index (χ0) is 28.5. The van der Waals surface area contributed by atoms with Gasteiger partial charge in [-0.15, -0.1) is 0 Å². The third kappa shape index (κ3) is 7.01. The largest absolute Gasteiger partial charge is 0.489 e. The maximum absolute atomic E-state index is 13.5. The fourth-order valence-electron chi connectivity index (χ4n) is 3.63. The van der Waals surface area contributed by atoms with Gasteiger partial charge >= 0.3 is 0 Å². The van der Waals surface area contributed by atoms with E-state index in [1.165, 1.54) is 30.5 Å². The van der Waals surface area contributed by atoms with Crippen LogP contribution >= 0.6 is 11.6 Å². The first-order valence-electron chi connectivity index (χ1n) is 11.8. The normalized spacial score (nSPS) is 11.2. The highest BCUT2D eigenvalue weighted by atomic mass is 35.5. The molecule has 4 aromatic rings. The standard InChI is InChI=1S/C28H23ClN4O6S/c29-25-11-5-4-8-22(25)20-39-24-16-14-21(15-17-24)18-30-31-28(34)19-32(23-9-2-1-3-10-23)40(37,38)27-13-7-6-12-26(27)33(35)36/h1-18H,19-20H2,(H,31,34)/b30-18+. The predicted octanol–water partition coefficient (Wildman–Crippen LogP) is 5.17. The minimum absolute atomic E-state index is 0.159. The first-order chi connectivity index (χ1) is 19.3. The van der Waals surface area contributed by atoms with Gasteiger partial charge in [0.05, 0.1) is 16.8 Å². The lowest BCUT2D eigenvalue weighted by Gasteiger charge is -2.23. The van der Waals surface area contributed by atoms with Crippen molar-refractivity contribution < 1.29 is 22.9 Å². The predicted molar refractivity (Wildman–Crippen MR) is 152 cm³/mol. The van der Waals surface area contributed by atoms with Crippen molar-refractivity contribution in [2.24, 2.45) is 5.10 Å². The highest BCUT2D eigenvalue weighted by Gasteiger charge is 2.33. The number of sulfonamides is 1. The Morgan fingerprint density at radius 1 is 0.950 bits per heavy atom. The van der Waals surface area contributed by atoms with E-state index < -0.39 is 38.0 Å². The Bertz CT molecular complexity index is 1630. The van der Waals surface area contributed by atoms with Crippen LogP contribution in [0.2, 0.25) is 5.02 Å². The molecule has 12 heteroatoms. The Morgan fingerprint density at radius 3 is 2.30 bits per heavy atom. The zero-order valence-electron chi connectivity index (χ0n) is 20.9.